The summed E-state index contributed by atoms with van der Waals surface area (Å²) in [6.45, 7) is 1.85. The Balaban J connectivity index is 1.49. The van der Waals surface area contributed by atoms with Crippen LogP contribution in [0.4, 0.5) is 0 Å². The second-order valence-corrected chi connectivity index (χ2v) is 16.2. The fourth-order valence-corrected chi connectivity index (χ4v) is 7.48. The summed E-state index contributed by atoms with van der Waals surface area (Å²) in [5, 5.41) is 29.9. The lowest BCUT2D eigenvalue weighted by atomic mass is 10.0. The zero-order chi connectivity index (χ0) is 48.3. The molecule has 22 heteroatoms. The SMILES string of the molecule is CCCCC(=O)N[C@H]1CCC(=O)NCC[C@@H](C(=O)N[C@@H](Cc2c[nH]c3ccccc23)C(N)=O)NC(=O)[C@H](CCCNC(=N)N)NC(=O)C(c2ccccc2)NC(=O)[C@H](Cc2c[nH]cn2)NC1=O. The Morgan fingerprint density at radius 2 is 1.58 bits per heavy atom. The van der Waals surface area contributed by atoms with Crippen molar-refractivity contribution in [2.45, 2.75) is 107 Å². The maximum atomic E-state index is 14.5. The number of unbranched alkanes of at least 4 members (excludes halogenated alkanes) is 1. The summed E-state index contributed by atoms with van der Waals surface area (Å²) in [5.41, 5.74) is 13.5. The molecule has 0 radical (unpaired) electrons. The number of carbonyl (C=O) groups excluding carboxylic acids is 8. The number of hydrogen-bond donors (Lipinski definition) is 13. The number of amides is 8. The number of primary amides is 1. The Morgan fingerprint density at radius 3 is 2.30 bits per heavy atom. The molecule has 358 valence electrons. The predicted molar refractivity (Wildman–Crippen MR) is 246 cm³/mol. The van der Waals surface area contributed by atoms with E-state index < -0.39 is 83.5 Å². The number of benzene rings is 2. The number of guanidine groups is 1. The number of nitrogens with one attached hydrogen (secondary N) is 11. The average molecular weight is 925 g/mol. The lowest BCUT2D eigenvalue weighted by Gasteiger charge is -2.27. The molecule has 1 unspecified atom stereocenters. The van der Waals surface area contributed by atoms with E-state index in [-0.39, 0.29) is 70.4 Å². The van der Waals surface area contributed by atoms with Crippen LogP contribution in [0.5, 0.6) is 0 Å². The molecule has 67 heavy (non-hydrogen) atoms. The van der Waals surface area contributed by atoms with Gasteiger partial charge in [-0.2, -0.15) is 0 Å². The Morgan fingerprint density at radius 1 is 0.851 bits per heavy atom. The van der Waals surface area contributed by atoms with Gasteiger partial charge >= 0.3 is 0 Å². The van der Waals surface area contributed by atoms with Crippen molar-refractivity contribution in [2.75, 3.05) is 13.1 Å². The molecule has 0 bridgehead atoms. The maximum Gasteiger partial charge on any atom is 0.247 e. The zero-order valence-electron chi connectivity index (χ0n) is 37.2. The van der Waals surface area contributed by atoms with Crippen molar-refractivity contribution in [1.29, 1.82) is 5.41 Å². The van der Waals surface area contributed by atoms with E-state index in [0.717, 1.165) is 10.9 Å². The number of rotatable bonds is 16. The fraction of sp³-hybridized carbons (Fsp3) is 0.422. The number of aromatic nitrogens is 3. The molecule has 22 nitrogen and oxygen atoms in total. The third kappa shape index (κ3) is 15.4. The van der Waals surface area contributed by atoms with E-state index in [2.05, 4.69) is 57.5 Å². The molecule has 4 aromatic rings. The van der Waals surface area contributed by atoms with Crippen molar-refractivity contribution in [3.8, 4) is 0 Å². The van der Waals surface area contributed by atoms with Crippen LogP contribution < -0.4 is 54.0 Å². The molecular formula is C45H60N14O8. The molecular weight excluding hydrogens is 865 g/mol. The van der Waals surface area contributed by atoms with E-state index >= 15 is 0 Å². The quantitative estimate of drug-likeness (QED) is 0.0375. The van der Waals surface area contributed by atoms with Crippen LogP contribution in [0.25, 0.3) is 10.9 Å². The van der Waals surface area contributed by atoms with E-state index in [0.29, 0.717) is 29.7 Å². The van der Waals surface area contributed by atoms with Gasteiger partial charge in [-0.1, -0.05) is 61.9 Å². The number of hydrogen-bond acceptors (Lipinski definition) is 10. The maximum absolute atomic E-state index is 14.5. The van der Waals surface area contributed by atoms with Gasteiger partial charge in [0.15, 0.2) is 5.96 Å². The van der Waals surface area contributed by atoms with Gasteiger partial charge in [0.05, 0.1) is 12.0 Å². The smallest absolute Gasteiger partial charge is 0.247 e. The van der Waals surface area contributed by atoms with Crippen LogP contribution in [0.3, 0.4) is 0 Å². The molecule has 5 rings (SSSR count). The third-order valence-electron chi connectivity index (χ3n) is 11.1. The van der Waals surface area contributed by atoms with Crippen molar-refractivity contribution in [2.24, 2.45) is 11.5 Å². The molecule has 1 fully saturated rings. The highest BCUT2D eigenvalue weighted by atomic mass is 16.2. The molecule has 3 heterocycles. The van der Waals surface area contributed by atoms with Gasteiger partial charge < -0.3 is 64.0 Å². The number of para-hydroxylation sites is 1. The lowest BCUT2D eigenvalue weighted by Crippen LogP contribution is -2.58. The first-order valence-electron chi connectivity index (χ1n) is 22.2. The van der Waals surface area contributed by atoms with Crippen molar-refractivity contribution in [3.63, 3.8) is 0 Å². The summed E-state index contributed by atoms with van der Waals surface area (Å²) in [7, 11) is 0. The topological polar surface area (TPSA) is 353 Å². The van der Waals surface area contributed by atoms with Gasteiger partial charge in [0.2, 0.25) is 47.3 Å². The molecule has 1 aliphatic heterocycles. The van der Waals surface area contributed by atoms with E-state index in [1.807, 2.05) is 31.2 Å². The number of nitrogens with zero attached hydrogens (tertiary/aromatic N) is 1. The monoisotopic (exact) mass is 924 g/mol. The van der Waals surface area contributed by atoms with Gasteiger partial charge in [-0.15, -0.1) is 0 Å². The molecule has 8 amide bonds. The second-order valence-electron chi connectivity index (χ2n) is 16.2. The van der Waals surface area contributed by atoms with E-state index in [1.54, 1.807) is 36.5 Å². The van der Waals surface area contributed by atoms with E-state index in [4.69, 9.17) is 16.9 Å². The fourth-order valence-electron chi connectivity index (χ4n) is 7.48. The molecule has 1 aliphatic rings. The van der Waals surface area contributed by atoms with Crippen molar-refractivity contribution in [1.82, 2.24) is 57.5 Å². The van der Waals surface area contributed by atoms with Crippen LogP contribution in [-0.2, 0) is 51.2 Å². The molecule has 15 N–H and O–H groups in total. The second kappa shape index (κ2) is 25.1. The van der Waals surface area contributed by atoms with E-state index in [1.165, 1.54) is 12.5 Å². The van der Waals surface area contributed by atoms with Crippen LogP contribution in [0.2, 0.25) is 0 Å². The molecule has 2 aromatic heterocycles. The largest absolute Gasteiger partial charge is 0.370 e. The van der Waals surface area contributed by atoms with Crippen LogP contribution in [-0.4, -0.2) is 111 Å². The summed E-state index contributed by atoms with van der Waals surface area (Å²) in [6.07, 6.45) is 5.32. The van der Waals surface area contributed by atoms with Crippen LogP contribution in [0, 0.1) is 5.41 Å². The van der Waals surface area contributed by atoms with E-state index in [9.17, 15) is 38.4 Å². The minimum absolute atomic E-state index is 0.00317. The van der Waals surface area contributed by atoms with Gasteiger partial charge in [0, 0.05) is 62.1 Å². The molecule has 0 saturated carbocycles. The van der Waals surface area contributed by atoms with Crippen molar-refractivity contribution >= 4 is 64.1 Å². The van der Waals surface area contributed by atoms with Crippen LogP contribution >= 0.6 is 0 Å². The molecule has 0 spiro atoms. The highest BCUT2D eigenvalue weighted by Crippen LogP contribution is 2.20. The molecule has 2 aromatic carbocycles. The standard InChI is InChI=1S/C45H60N14O8/c1-2-3-15-37(61)54-32-16-17-36(60)50-20-18-33(42(65)57-34(39(46)62)21-27-23-52-30-13-8-7-12-29(27)30)55-40(63)31(14-9-19-51-45(47)48)56-44(67)38(26-10-5-4-6-11-26)59-43(66)35(58-41(32)64)22-28-24-49-25-53-28/h4-8,10-13,23-25,31-35,38,52H,2-3,9,14-22H2,1H3,(H2,46,62)(H,49,53)(H,50,60)(H,54,61)(H,55,63)(H,56,67)(H,57,65)(H,58,64)(H,59,66)(H4,47,48,51)/t31-,32-,33-,34-,35-,38?/m0/s1. The zero-order valence-corrected chi connectivity index (χ0v) is 37.2. The van der Waals surface area contributed by atoms with Crippen LogP contribution in [0.1, 0.15) is 81.2 Å². The number of carbonyl (C=O) groups is 8. The number of H-pyrrole nitrogens is 2. The highest BCUT2D eigenvalue weighted by molar-refractivity contribution is 5.98. The first-order chi connectivity index (χ1) is 32.2. The summed E-state index contributed by atoms with van der Waals surface area (Å²) < 4.78 is 0. The molecule has 1 saturated heterocycles. The number of imidazole rings is 1. The van der Waals surface area contributed by atoms with Gasteiger partial charge in [0.1, 0.15) is 36.3 Å². The van der Waals surface area contributed by atoms with Crippen LogP contribution in [0.15, 0.2) is 73.3 Å². The summed E-state index contributed by atoms with van der Waals surface area (Å²) in [6, 6.07) is 7.49. The number of fused-ring (bicyclic) bond motifs is 1. The average Bonchev–Trinajstić information content (AvgIpc) is 3.98. The first kappa shape index (κ1) is 50.2. The normalized spacial score (nSPS) is 20.6. The van der Waals surface area contributed by atoms with Crippen molar-refractivity contribution in [3.05, 3.63) is 90.1 Å². The third-order valence-corrected chi connectivity index (χ3v) is 11.1. The minimum Gasteiger partial charge on any atom is -0.370 e. The minimum atomic E-state index is -1.44. The lowest BCUT2D eigenvalue weighted by molar-refractivity contribution is -0.135. The summed E-state index contributed by atoms with van der Waals surface area (Å²) in [5.74, 6) is -6.22. The van der Waals surface area contributed by atoms with Gasteiger partial charge in [-0.25, -0.2) is 4.98 Å². The Kier molecular flexibility index (Phi) is 18.8. The Bertz CT molecular complexity index is 2350. The number of nitrogens with two attached hydrogens (primary N) is 2. The van der Waals surface area contributed by atoms with Gasteiger partial charge in [-0.3, -0.25) is 43.8 Å². The summed E-state index contributed by atoms with van der Waals surface area (Å²) in [4.78, 5) is 121. The molecule has 6 atom stereocenters. The number of aromatic amines is 2. The van der Waals surface area contributed by atoms with Crippen molar-refractivity contribution < 1.29 is 38.4 Å². The molecule has 0 aliphatic carbocycles. The Labute approximate surface area is 386 Å². The summed E-state index contributed by atoms with van der Waals surface area (Å²) >= 11 is 0. The first-order valence-corrected chi connectivity index (χ1v) is 22.2. The highest BCUT2D eigenvalue weighted by Gasteiger charge is 2.35. The van der Waals surface area contributed by atoms with Gasteiger partial charge in [-0.05, 0) is 49.3 Å². The predicted octanol–water partition coefficient (Wildman–Crippen LogP) is -0.803. The van der Waals surface area contributed by atoms with Gasteiger partial charge in [0.25, 0.3) is 0 Å². The Hall–Kier alpha value is -7.78.